The number of nitrogens with one attached hydrogen (secondary N) is 2. The third kappa shape index (κ3) is 3.70. The van der Waals surface area contributed by atoms with E-state index in [2.05, 4.69) is 34.6 Å². The Morgan fingerprint density at radius 2 is 2.17 bits per heavy atom. The summed E-state index contributed by atoms with van der Waals surface area (Å²) >= 11 is 0. The Balaban J connectivity index is 1.60. The van der Waals surface area contributed by atoms with Crippen LogP contribution >= 0.6 is 0 Å². The molecule has 2 aromatic rings. The molecule has 1 aromatic heterocycles. The fourth-order valence-electron chi connectivity index (χ4n) is 2.50. The molecule has 0 aliphatic heterocycles. The van der Waals surface area contributed by atoms with Crippen molar-refractivity contribution in [2.24, 2.45) is 0 Å². The predicted octanol–water partition coefficient (Wildman–Crippen LogP) is 3.70. The van der Waals surface area contributed by atoms with Gasteiger partial charge in [-0.15, -0.1) is 0 Å². The van der Waals surface area contributed by atoms with Gasteiger partial charge in [-0.1, -0.05) is 37.2 Å². The topological polar surface area (TPSA) is 80.0 Å². The lowest BCUT2D eigenvalue weighted by molar-refractivity contribution is 0.249. The first kappa shape index (κ1) is 15.5. The molecule has 2 N–H and O–H groups in total. The van der Waals surface area contributed by atoms with E-state index in [4.69, 9.17) is 4.52 Å². The van der Waals surface area contributed by atoms with E-state index >= 15 is 0 Å². The molecule has 23 heavy (non-hydrogen) atoms. The van der Waals surface area contributed by atoms with Gasteiger partial charge in [0.2, 0.25) is 5.89 Å². The smallest absolute Gasteiger partial charge is 0.319 e. The summed E-state index contributed by atoms with van der Waals surface area (Å²) < 4.78 is 5.15. The maximum Gasteiger partial charge on any atom is 0.319 e. The van der Waals surface area contributed by atoms with Crippen LogP contribution in [0.25, 0.3) is 0 Å². The average Bonchev–Trinajstić information content (AvgIpc) is 3.26. The fraction of sp³-hybridized carbons (Fsp3) is 0.471. The number of hydrogen-bond acceptors (Lipinski definition) is 4. The number of carbonyl (C=O) groups is 1. The largest absolute Gasteiger partial charge is 0.337 e. The molecule has 1 aromatic carbocycles. The van der Waals surface area contributed by atoms with E-state index in [0.29, 0.717) is 17.7 Å². The molecule has 1 saturated carbocycles. The van der Waals surface area contributed by atoms with Crippen LogP contribution in [0.3, 0.4) is 0 Å². The zero-order chi connectivity index (χ0) is 16.4. The molecule has 122 valence electrons. The third-order valence-electron chi connectivity index (χ3n) is 3.99. The second kappa shape index (κ2) is 6.40. The van der Waals surface area contributed by atoms with Crippen LogP contribution in [0.2, 0.25) is 0 Å². The minimum atomic E-state index is -0.271. The Kier molecular flexibility index (Phi) is 4.32. The number of amides is 2. The number of aromatic nitrogens is 2. The first-order valence-corrected chi connectivity index (χ1v) is 8.01. The fourth-order valence-corrected chi connectivity index (χ4v) is 2.50. The van der Waals surface area contributed by atoms with Crippen molar-refractivity contribution in [2.45, 2.75) is 52.0 Å². The van der Waals surface area contributed by atoms with Crippen LogP contribution < -0.4 is 10.6 Å². The molecule has 0 saturated heterocycles. The summed E-state index contributed by atoms with van der Waals surface area (Å²) in [5.41, 5.74) is 3.03. The highest BCUT2D eigenvalue weighted by atomic mass is 16.5. The summed E-state index contributed by atoms with van der Waals surface area (Å²) in [6.45, 7) is 6.43. The van der Waals surface area contributed by atoms with Crippen molar-refractivity contribution in [3.63, 3.8) is 0 Å². The number of aryl methyl sites for hydroxylation is 1. The number of para-hydroxylation sites is 1. The minimum Gasteiger partial charge on any atom is -0.337 e. The second-order valence-electron chi connectivity index (χ2n) is 6.32. The monoisotopic (exact) mass is 314 g/mol. The average molecular weight is 314 g/mol. The van der Waals surface area contributed by atoms with Gasteiger partial charge >= 0.3 is 6.03 Å². The van der Waals surface area contributed by atoms with Gasteiger partial charge in [-0.3, -0.25) is 0 Å². The number of urea groups is 1. The predicted molar refractivity (Wildman–Crippen MR) is 87.4 cm³/mol. The number of carbonyl (C=O) groups excluding carboxylic acids is 1. The lowest BCUT2D eigenvalue weighted by Gasteiger charge is -2.16. The number of nitrogens with zero attached hydrogens (tertiary/aromatic N) is 2. The molecule has 0 atom stereocenters. The van der Waals surface area contributed by atoms with Crippen molar-refractivity contribution in [3.8, 4) is 0 Å². The van der Waals surface area contributed by atoms with Crippen LogP contribution in [0, 0.1) is 6.92 Å². The van der Waals surface area contributed by atoms with E-state index in [1.807, 2.05) is 25.1 Å². The highest BCUT2D eigenvalue weighted by Crippen LogP contribution is 2.38. The van der Waals surface area contributed by atoms with Gasteiger partial charge in [-0.25, -0.2) is 4.79 Å². The maximum atomic E-state index is 12.2. The van der Waals surface area contributed by atoms with Gasteiger partial charge in [-0.05, 0) is 36.8 Å². The first-order valence-electron chi connectivity index (χ1n) is 8.01. The van der Waals surface area contributed by atoms with Gasteiger partial charge in [0.05, 0.1) is 6.54 Å². The molecule has 6 nitrogen and oxygen atoms in total. The Labute approximate surface area is 135 Å². The molecular formula is C17H22N4O2. The van der Waals surface area contributed by atoms with Crippen LogP contribution in [-0.2, 0) is 6.54 Å². The summed E-state index contributed by atoms with van der Waals surface area (Å²) in [6, 6.07) is 5.76. The van der Waals surface area contributed by atoms with Crippen LogP contribution in [0.15, 0.2) is 22.7 Å². The van der Waals surface area contributed by atoms with E-state index in [1.165, 1.54) is 0 Å². The van der Waals surface area contributed by atoms with Crippen LogP contribution in [0.1, 0.15) is 61.4 Å². The summed E-state index contributed by atoms with van der Waals surface area (Å²) in [7, 11) is 0. The highest BCUT2D eigenvalue weighted by Gasteiger charge is 2.28. The van der Waals surface area contributed by atoms with Gasteiger partial charge in [0.25, 0.3) is 0 Å². The summed E-state index contributed by atoms with van der Waals surface area (Å²) in [5.74, 6) is 1.98. The number of benzene rings is 1. The van der Waals surface area contributed by atoms with Crippen LogP contribution in [0.4, 0.5) is 10.5 Å². The van der Waals surface area contributed by atoms with E-state index in [1.54, 1.807) is 0 Å². The standard InChI is InChI=1S/C17H22N4O2/c1-10(2)13-6-4-5-11(3)15(13)20-17(22)18-9-14-19-16(21-23-14)12-7-8-12/h4-6,10,12H,7-9H2,1-3H3,(H2,18,20,22). The Morgan fingerprint density at radius 1 is 1.39 bits per heavy atom. The molecular weight excluding hydrogens is 292 g/mol. The highest BCUT2D eigenvalue weighted by molar-refractivity contribution is 5.91. The van der Waals surface area contributed by atoms with Crippen molar-refractivity contribution in [3.05, 3.63) is 41.0 Å². The molecule has 0 bridgehead atoms. The number of hydrogen-bond donors (Lipinski definition) is 2. The van der Waals surface area contributed by atoms with Crippen molar-refractivity contribution in [1.29, 1.82) is 0 Å². The van der Waals surface area contributed by atoms with Crippen molar-refractivity contribution < 1.29 is 9.32 Å². The summed E-state index contributed by atoms with van der Waals surface area (Å²) in [6.07, 6.45) is 2.25. The molecule has 1 fully saturated rings. The zero-order valence-electron chi connectivity index (χ0n) is 13.7. The normalized spacial score (nSPS) is 14.1. The minimum absolute atomic E-state index is 0.231. The molecule has 2 amide bonds. The molecule has 0 spiro atoms. The summed E-state index contributed by atoms with van der Waals surface area (Å²) in [4.78, 5) is 16.4. The van der Waals surface area contributed by atoms with Gasteiger partial charge in [-0.2, -0.15) is 4.98 Å². The lowest BCUT2D eigenvalue weighted by atomic mass is 9.98. The maximum absolute atomic E-state index is 12.2. The Hall–Kier alpha value is -2.37. The van der Waals surface area contributed by atoms with Gasteiger partial charge in [0, 0.05) is 11.6 Å². The molecule has 1 heterocycles. The third-order valence-corrected chi connectivity index (χ3v) is 3.99. The SMILES string of the molecule is Cc1cccc(C(C)C)c1NC(=O)NCc1nc(C2CC2)no1. The second-order valence-corrected chi connectivity index (χ2v) is 6.32. The molecule has 1 aliphatic rings. The molecule has 1 aliphatic carbocycles. The van der Waals surface area contributed by atoms with E-state index in [9.17, 15) is 4.79 Å². The first-order chi connectivity index (χ1) is 11.0. The molecule has 0 unspecified atom stereocenters. The van der Waals surface area contributed by atoms with Crippen molar-refractivity contribution in [1.82, 2.24) is 15.5 Å². The van der Waals surface area contributed by atoms with Crippen molar-refractivity contribution in [2.75, 3.05) is 5.32 Å². The molecule has 3 rings (SSSR count). The van der Waals surface area contributed by atoms with E-state index in [0.717, 1.165) is 35.5 Å². The zero-order valence-corrected chi connectivity index (χ0v) is 13.7. The lowest BCUT2D eigenvalue weighted by Crippen LogP contribution is -2.29. The van der Waals surface area contributed by atoms with E-state index < -0.39 is 0 Å². The molecule has 0 radical (unpaired) electrons. The van der Waals surface area contributed by atoms with Crippen LogP contribution in [-0.4, -0.2) is 16.2 Å². The summed E-state index contributed by atoms with van der Waals surface area (Å²) in [5, 5.41) is 9.63. The van der Waals surface area contributed by atoms with Gasteiger partial charge in [0.15, 0.2) is 5.82 Å². The van der Waals surface area contributed by atoms with E-state index in [-0.39, 0.29) is 12.6 Å². The number of anilines is 1. The Bertz CT molecular complexity index is 704. The Morgan fingerprint density at radius 3 is 2.87 bits per heavy atom. The quantitative estimate of drug-likeness (QED) is 0.882. The van der Waals surface area contributed by atoms with Gasteiger partial charge in [0.1, 0.15) is 0 Å². The van der Waals surface area contributed by atoms with Crippen molar-refractivity contribution >= 4 is 11.7 Å². The van der Waals surface area contributed by atoms with Crippen LogP contribution in [0.5, 0.6) is 0 Å². The molecule has 6 heteroatoms. The number of rotatable bonds is 5. The van der Waals surface area contributed by atoms with Gasteiger partial charge < -0.3 is 15.2 Å².